The molecule has 1 rings (SSSR count). The highest BCUT2D eigenvalue weighted by molar-refractivity contribution is 7.88. The van der Waals surface area contributed by atoms with Gasteiger partial charge in [0.15, 0.2) is 0 Å². The quantitative estimate of drug-likeness (QED) is 0.171. The normalized spacial score (nSPS) is 29.3. The van der Waals surface area contributed by atoms with E-state index in [-0.39, 0.29) is 19.4 Å². The van der Waals surface area contributed by atoms with Crippen molar-refractivity contribution in [2.24, 2.45) is 0 Å². The molecule has 174 valence electrons. The second-order valence-corrected chi connectivity index (χ2v) is 8.73. The number of nitrogens with one attached hydrogen (secondary N) is 2. The van der Waals surface area contributed by atoms with Gasteiger partial charge < -0.3 is 35.2 Å². The lowest BCUT2D eigenvalue weighted by atomic mass is 9.88. The van der Waals surface area contributed by atoms with Gasteiger partial charge in [-0.15, -0.1) is 0 Å². The second kappa shape index (κ2) is 11.0. The molecule has 0 bridgehead atoms. The zero-order valence-corrected chi connectivity index (χ0v) is 17.4. The molecule has 0 aliphatic carbocycles. The Labute approximate surface area is 173 Å². The molecule has 0 aromatic heterocycles. The Kier molecular flexibility index (Phi) is 9.58. The standard InChI is InChI=1S/C16H28N2O11S/c1-9(20)17-12-10(8-19)29-16(15(24)25,14(23)13(12)18-30(2,26)27)28-7-5-3-4-6-11(21)22/h10,12-14,18-19,23H,3-8H2,1-2H3,(H,17,20)(H,21,22)(H,24,25)/t10-,12-,13+,14-,16+/m0/s1. The molecule has 5 atom stereocenters. The smallest absolute Gasteiger partial charge is 0.367 e. The maximum absolute atomic E-state index is 12.0. The van der Waals surface area contributed by atoms with Crippen molar-refractivity contribution in [3.63, 3.8) is 0 Å². The minimum atomic E-state index is -3.98. The van der Waals surface area contributed by atoms with E-state index in [4.69, 9.17) is 14.6 Å². The topological polar surface area (TPSA) is 209 Å². The summed E-state index contributed by atoms with van der Waals surface area (Å²) in [5.41, 5.74) is 0. The third-order valence-electron chi connectivity index (χ3n) is 4.39. The molecule has 1 heterocycles. The number of carboxylic acids is 2. The lowest BCUT2D eigenvalue weighted by molar-refractivity contribution is -0.323. The molecule has 0 spiro atoms. The summed E-state index contributed by atoms with van der Waals surface area (Å²) in [6, 6.07) is -2.87. The first-order chi connectivity index (χ1) is 13.8. The Morgan fingerprint density at radius 2 is 1.77 bits per heavy atom. The number of sulfonamides is 1. The minimum absolute atomic E-state index is 0.0749. The highest BCUT2D eigenvalue weighted by atomic mass is 32.2. The van der Waals surface area contributed by atoms with Gasteiger partial charge in [0.25, 0.3) is 5.79 Å². The van der Waals surface area contributed by atoms with Crippen molar-refractivity contribution in [1.29, 1.82) is 0 Å². The van der Waals surface area contributed by atoms with E-state index >= 15 is 0 Å². The van der Waals surface area contributed by atoms with Crippen molar-refractivity contribution in [3.8, 4) is 0 Å². The zero-order chi connectivity index (χ0) is 23.1. The van der Waals surface area contributed by atoms with Crippen LogP contribution in [0.4, 0.5) is 0 Å². The van der Waals surface area contributed by atoms with Crippen molar-refractivity contribution in [3.05, 3.63) is 0 Å². The largest absolute Gasteiger partial charge is 0.481 e. The van der Waals surface area contributed by atoms with Crippen molar-refractivity contribution < 1.29 is 52.7 Å². The molecule has 6 N–H and O–H groups in total. The SMILES string of the molecule is CC(=O)N[C@@H]1[C@@H](NS(C)(=O)=O)[C@H](O)[C@](OCCCCCC(=O)O)(C(=O)O)O[C@H]1CO. The number of hydrogen-bond donors (Lipinski definition) is 6. The number of aliphatic hydroxyl groups excluding tert-OH is 2. The Morgan fingerprint density at radius 1 is 1.13 bits per heavy atom. The molecule has 30 heavy (non-hydrogen) atoms. The van der Waals surface area contributed by atoms with Crippen LogP contribution in [-0.4, -0.2) is 96.2 Å². The van der Waals surface area contributed by atoms with Crippen molar-refractivity contribution >= 4 is 27.9 Å². The van der Waals surface area contributed by atoms with Gasteiger partial charge in [-0.05, 0) is 12.8 Å². The Morgan fingerprint density at radius 3 is 2.23 bits per heavy atom. The summed E-state index contributed by atoms with van der Waals surface area (Å²) >= 11 is 0. The Bertz CT molecular complexity index is 729. The molecule has 0 aromatic rings. The molecule has 0 saturated carbocycles. The van der Waals surface area contributed by atoms with Gasteiger partial charge in [-0.3, -0.25) is 9.59 Å². The molecule has 14 heteroatoms. The molecular formula is C16H28N2O11S. The van der Waals surface area contributed by atoms with Crippen LogP contribution in [0.25, 0.3) is 0 Å². The fraction of sp³-hybridized carbons (Fsp3) is 0.812. The van der Waals surface area contributed by atoms with Gasteiger partial charge in [-0.1, -0.05) is 6.42 Å². The van der Waals surface area contributed by atoms with Gasteiger partial charge in [0.05, 0.1) is 31.6 Å². The lowest BCUT2D eigenvalue weighted by Gasteiger charge is -2.48. The van der Waals surface area contributed by atoms with E-state index in [1.165, 1.54) is 0 Å². The van der Waals surface area contributed by atoms with Crippen molar-refractivity contribution in [2.45, 2.75) is 62.7 Å². The maximum Gasteiger partial charge on any atom is 0.367 e. The third kappa shape index (κ3) is 7.14. The number of rotatable bonds is 12. The van der Waals surface area contributed by atoms with Crippen LogP contribution < -0.4 is 10.0 Å². The average Bonchev–Trinajstić information content (AvgIpc) is 2.61. The summed E-state index contributed by atoms with van der Waals surface area (Å²) in [6.07, 6.45) is -1.86. The van der Waals surface area contributed by atoms with E-state index in [0.29, 0.717) is 12.8 Å². The highest BCUT2D eigenvalue weighted by Gasteiger charge is 2.60. The van der Waals surface area contributed by atoms with E-state index in [1.807, 2.05) is 0 Å². The van der Waals surface area contributed by atoms with Crippen LogP contribution in [0, 0.1) is 0 Å². The number of hydrogen-bond acceptors (Lipinski definition) is 9. The number of carbonyl (C=O) groups excluding carboxylic acids is 1. The van der Waals surface area contributed by atoms with Gasteiger partial charge in [0.2, 0.25) is 15.9 Å². The van der Waals surface area contributed by atoms with E-state index in [9.17, 15) is 38.1 Å². The van der Waals surface area contributed by atoms with Crippen LogP contribution in [0.15, 0.2) is 0 Å². The first kappa shape index (κ1) is 26.2. The number of amides is 1. The number of aliphatic hydroxyl groups is 2. The van der Waals surface area contributed by atoms with Crippen LogP contribution >= 0.6 is 0 Å². The maximum atomic E-state index is 12.0. The van der Waals surface area contributed by atoms with Gasteiger partial charge in [-0.25, -0.2) is 17.9 Å². The number of carbonyl (C=O) groups is 3. The van der Waals surface area contributed by atoms with Gasteiger partial charge >= 0.3 is 11.9 Å². The van der Waals surface area contributed by atoms with Crippen LogP contribution in [-0.2, 0) is 33.9 Å². The fourth-order valence-corrected chi connectivity index (χ4v) is 3.89. The second-order valence-electron chi connectivity index (χ2n) is 6.95. The number of unbranched alkanes of at least 4 members (excludes halogenated alkanes) is 2. The summed E-state index contributed by atoms with van der Waals surface area (Å²) in [7, 11) is -3.98. The van der Waals surface area contributed by atoms with Crippen LogP contribution in [0.2, 0.25) is 0 Å². The van der Waals surface area contributed by atoms with E-state index in [0.717, 1.165) is 13.2 Å². The average molecular weight is 456 g/mol. The molecule has 13 nitrogen and oxygen atoms in total. The summed E-state index contributed by atoms with van der Waals surface area (Å²) in [4.78, 5) is 34.0. The predicted octanol–water partition coefficient (Wildman–Crippen LogP) is -2.40. The molecule has 1 amide bonds. The molecule has 1 fully saturated rings. The Balaban J connectivity index is 3.11. The number of carboxylic acid groups (broad SMARTS) is 2. The van der Waals surface area contributed by atoms with E-state index < -0.39 is 64.6 Å². The summed E-state index contributed by atoms with van der Waals surface area (Å²) < 4.78 is 36.2. The molecule has 1 saturated heterocycles. The van der Waals surface area contributed by atoms with Crippen molar-refractivity contribution in [2.75, 3.05) is 19.5 Å². The summed E-state index contributed by atoms with van der Waals surface area (Å²) in [5, 5.41) is 41.0. The molecular weight excluding hydrogens is 428 g/mol. The van der Waals surface area contributed by atoms with Crippen molar-refractivity contribution in [1.82, 2.24) is 10.0 Å². The van der Waals surface area contributed by atoms with E-state index in [2.05, 4.69) is 10.0 Å². The molecule has 1 aliphatic heterocycles. The van der Waals surface area contributed by atoms with Gasteiger partial charge in [0.1, 0.15) is 12.2 Å². The molecule has 0 unspecified atom stereocenters. The minimum Gasteiger partial charge on any atom is -0.481 e. The molecule has 0 aromatic carbocycles. The van der Waals surface area contributed by atoms with Gasteiger partial charge in [-0.2, -0.15) is 0 Å². The third-order valence-corrected chi connectivity index (χ3v) is 5.09. The number of aliphatic carboxylic acids is 2. The predicted molar refractivity (Wildman–Crippen MR) is 99.8 cm³/mol. The van der Waals surface area contributed by atoms with Gasteiger partial charge in [0, 0.05) is 13.3 Å². The summed E-state index contributed by atoms with van der Waals surface area (Å²) in [6.45, 7) is 0.0547. The summed E-state index contributed by atoms with van der Waals surface area (Å²) in [5.74, 6) is -6.09. The lowest BCUT2D eigenvalue weighted by Crippen LogP contribution is -2.75. The van der Waals surface area contributed by atoms with E-state index in [1.54, 1.807) is 0 Å². The highest BCUT2D eigenvalue weighted by Crippen LogP contribution is 2.32. The zero-order valence-electron chi connectivity index (χ0n) is 16.6. The molecule has 0 radical (unpaired) electrons. The van der Waals surface area contributed by atoms with Crippen LogP contribution in [0.5, 0.6) is 0 Å². The number of ether oxygens (including phenoxy) is 2. The first-order valence-electron chi connectivity index (χ1n) is 9.14. The first-order valence-corrected chi connectivity index (χ1v) is 11.0. The van der Waals surface area contributed by atoms with Crippen LogP contribution in [0.1, 0.15) is 32.6 Å². The fourth-order valence-electron chi connectivity index (χ4n) is 3.12. The monoisotopic (exact) mass is 456 g/mol. The molecule has 1 aliphatic rings. The Hall–Kier alpha value is -1.84. The van der Waals surface area contributed by atoms with Crippen LogP contribution in [0.3, 0.4) is 0 Å².